The first-order chi connectivity index (χ1) is 18.3. The molecule has 0 unspecified atom stereocenters. The predicted octanol–water partition coefficient (Wildman–Crippen LogP) is 4.35. The Balaban J connectivity index is 0.00000353. The lowest BCUT2D eigenvalue weighted by Crippen LogP contribution is -2.48. The molecule has 0 atom stereocenters. The van der Waals surface area contributed by atoms with Gasteiger partial charge in [0.1, 0.15) is 17.2 Å². The number of rotatable bonds is 8. The number of carbonyl (C=O) groups is 1. The summed E-state index contributed by atoms with van der Waals surface area (Å²) >= 11 is 1.48. The number of nitrogens with one attached hydrogen (secondary N) is 2. The molecule has 1 aliphatic rings. The molecule has 4 aromatic rings. The maximum absolute atomic E-state index is 14.0. The zero-order valence-corrected chi connectivity index (χ0v) is 23.1. The molecule has 206 valence electrons. The molecule has 0 saturated carbocycles. The summed E-state index contributed by atoms with van der Waals surface area (Å²) in [7, 11) is -4.00. The van der Waals surface area contributed by atoms with E-state index in [1.807, 2.05) is 6.07 Å². The summed E-state index contributed by atoms with van der Waals surface area (Å²) in [6.45, 7) is 4.01. The second-order valence-electron chi connectivity index (χ2n) is 8.77. The number of aromatic nitrogens is 1. The fourth-order valence-electron chi connectivity index (χ4n) is 4.21. The maximum Gasteiger partial charge on any atom is 0.261 e. The minimum Gasteiger partial charge on any atom is -0.351 e. The van der Waals surface area contributed by atoms with E-state index in [2.05, 4.69) is 24.8 Å². The zero-order valence-electron chi connectivity index (χ0n) is 20.6. The number of nitrogens with zero attached hydrogens (tertiary/aromatic N) is 3. The van der Waals surface area contributed by atoms with Gasteiger partial charge in [0.15, 0.2) is 5.13 Å². The largest absolute Gasteiger partial charge is 0.351 e. The first kappa shape index (κ1) is 28.7. The van der Waals surface area contributed by atoms with E-state index in [0.717, 1.165) is 60.3 Å². The van der Waals surface area contributed by atoms with Crippen LogP contribution in [0, 0.1) is 11.6 Å². The van der Waals surface area contributed by atoms with Crippen LogP contribution in [0.25, 0.3) is 10.2 Å². The van der Waals surface area contributed by atoms with Crippen molar-refractivity contribution in [1.82, 2.24) is 15.2 Å². The summed E-state index contributed by atoms with van der Waals surface area (Å²) in [5.74, 6) is -1.26. The third kappa shape index (κ3) is 6.64. The van der Waals surface area contributed by atoms with E-state index in [9.17, 15) is 22.0 Å². The van der Waals surface area contributed by atoms with Crippen molar-refractivity contribution in [3.8, 4) is 0 Å². The number of para-hydroxylation sites is 2. The normalized spacial score (nSPS) is 14.2. The highest BCUT2D eigenvalue weighted by molar-refractivity contribution is 7.92. The highest BCUT2D eigenvalue weighted by Gasteiger charge is 2.22. The Kier molecular flexibility index (Phi) is 9.01. The molecule has 5 rings (SSSR count). The van der Waals surface area contributed by atoms with Crippen molar-refractivity contribution in [2.45, 2.75) is 4.90 Å². The number of thiazole rings is 1. The lowest BCUT2D eigenvalue weighted by atomic mass is 10.1. The number of amides is 1. The summed E-state index contributed by atoms with van der Waals surface area (Å²) in [6.07, 6.45) is 0. The number of halogens is 3. The fraction of sp³-hybridized carbons (Fsp3) is 0.231. The van der Waals surface area contributed by atoms with Gasteiger partial charge in [0.25, 0.3) is 15.9 Å². The van der Waals surface area contributed by atoms with Gasteiger partial charge in [-0.25, -0.2) is 22.2 Å². The second-order valence-corrected chi connectivity index (χ2v) is 11.5. The number of hydrogen-bond donors (Lipinski definition) is 2. The zero-order chi connectivity index (χ0) is 26.7. The fourth-order valence-corrected chi connectivity index (χ4v) is 6.32. The minimum atomic E-state index is -4.00. The van der Waals surface area contributed by atoms with Crippen molar-refractivity contribution < 1.29 is 22.0 Å². The molecule has 2 heterocycles. The van der Waals surface area contributed by atoms with Crippen LogP contribution in [0.1, 0.15) is 10.4 Å². The average molecular weight is 594 g/mol. The molecule has 1 amide bonds. The number of sulfonamides is 1. The Labute approximate surface area is 235 Å². The Morgan fingerprint density at radius 2 is 1.67 bits per heavy atom. The number of piperazine rings is 1. The smallest absolute Gasteiger partial charge is 0.261 e. The number of carbonyl (C=O) groups excluding carboxylic acids is 1. The van der Waals surface area contributed by atoms with Crippen molar-refractivity contribution in [1.29, 1.82) is 0 Å². The van der Waals surface area contributed by atoms with Gasteiger partial charge in [0.2, 0.25) is 0 Å². The quantitative estimate of drug-likeness (QED) is 0.315. The first-order valence-corrected chi connectivity index (χ1v) is 14.3. The highest BCUT2D eigenvalue weighted by atomic mass is 35.5. The summed E-state index contributed by atoms with van der Waals surface area (Å²) < 4.78 is 55.8. The van der Waals surface area contributed by atoms with Crippen LogP contribution in [0.15, 0.2) is 71.6 Å². The summed E-state index contributed by atoms with van der Waals surface area (Å²) in [4.78, 5) is 21.6. The van der Waals surface area contributed by atoms with Crippen molar-refractivity contribution in [2.24, 2.45) is 0 Å². The van der Waals surface area contributed by atoms with Crippen LogP contribution >= 0.6 is 23.7 Å². The highest BCUT2D eigenvalue weighted by Crippen LogP contribution is 2.30. The SMILES string of the molecule is Cl.O=C(NCCN1CCN(c2nc3c(F)cccc3s2)CC1)c1ccccc1NS(=O)(=O)c1ccc(F)cc1. The van der Waals surface area contributed by atoms with Crippen LogP contribution in [0.5, 0.6) is 0 Å². The van der Waals surface area contributed by atoms with Gasteiger partial charge in [-0.3, -0.25) is 14.4 Å². The molecule has 8 nitrogen and oxygen atoms in total. The Morgan fingerprint density at radius 3 is 2.38 bits per heavy atom. The molecule has 1 saturated heterocycles. The number of anilines is 2. The van der Waals surface area contributed by atoms with Gasteiger partial charge in [0, 0.05) is 39.3 Å². The lowest BCUT2D eigenvalue weighted by molar-refractivity contribution is 0.0948. The van der Waals surface area contributed by atoms with Crippen LogP contribution in [0.4, 0.5) is 19.6 Å². The molecule has 3 aromatic carbocycles. The average Bonchev–Trinajstić information content (AvgIpc) is 3.35. The Bertz CT molecular complexity index is 1560. The molecule has 0 radical (unpaired) electrons. The molecule has 0 bridgehead atoms. The topological polar surface area (TPSA) is 94.6 Å². The minimum absolute atomic E-state index is 0. The summed E-state index contributed by atoms with van der Waals surface area (Å²) in [6, 6.07) is 15.7. The van der Waals surface area contributed by atoms with E-state index in [1.165, 1.54) is 29.5 Å². The van der Waals surface area contributed by atoms with Crippen molar-refractivity contribution in [3.05, 3.63) is 83.9 Å². The van der Waals surface area contributed by atoms with Gasteiger partial charge in [-0.05, 0) is 48.5 Å². The van der Waals surface area contributed by atoms with Gasteiger partial charge in [-0.2, -0.15) is 0 Å². The molecule has 0 aliphatic carbocycles. The molecule has 0 spiro atoms. The van der Waals surface area contributed by atoms with Crippen LogP contribution in [-0.4, -0.2) is 63.5 Å². The van der Waals surface area contributed by atoms with Gasteiger partial charge >= 0.3 is 0 Å². The Hall–Kier alpha value is -3.32. The molecule has 2 N–H and O–H groups in total. The molecule has 1 fully saturated rings. The third-order valence-corrected chi connectivity index (χ3v) is 8.72. The first-order valence-electron chi connectivity index (χ1n) is 12.0. The van der Waals surface area contributed by atoms with Crippen molar-refractivity contribution >= 4 is 60.7 Å². The van der Waals surface area contributed by atoms with Crippen LogP contribution in [-0.2, 0) is 10.0 Å². The van der Waals surface area contributed by atoms with Gasteiger partial charge < -0.3 is 10.2 Å². The number of hydrogen-bond acceptors (Lipinski definition) is 7. The van der Waals surface area contributed by atoms with Gasteiger partial charge in [-0.1, -0.05) is 29.5 Å². The van der Waals surface area contributed by atoms with E-state index in [1.54, 1.807) is 18.2 Å². The van der Waals surface area contributed by atoms with Crippen LogP contribution in [0.2, 0.25) is 0 Å². The van der Waals surface area contributed by atoms with Crippen molar-refractivity contribution in [3.63, 3.8) is 0 Å². The summed E-state index contributed by atoms with van der Waals surface area (Å²) in [5.41, 5.74) is 0.721. The molecule has 39 heavy (non-hydrogen) atoms. The Morgan fingerprint density at radius 1 is 0.949 bits per heavy atom. The van der Waals surface area contributed by atoms with E-state index in [-0.39, 0.29) is 34.4 Å². The lowest BCUT2D eigenvalue weighted by Gasteiger charge is -2.34. The number of fused-ring (bicyclic) bond motifs is 1. The predicted molar refractivity (Wildman–Crippen MR) is 151 cm³/mol. The third-order valence-electron chi connectivity index (χ3n) is 6.25. The molecular weight excluding hydrogens is 568 g/mol. The molecule has 1 aromatic heterocycles. The van der Waals surface area contributed by atoms with E-state index in [4.69, 9.17) is 0 Å². The van der Waals surface area contributed by atoms with Crippen LogP contribution in [0.3, 0.4) is 0 Å². The van der Waals surface area contributed by atoms with Gasteiger partial charge in [-0.15, -0.1) is 12.4 Å². The van der Waals surface area contributed by atoms with E-state index >= 15 is 0 Å². The van der Waals surface area contributed by atoms with Gasteiger partial charge in [0.05, 0.1) is 20.8 Å². The van der Waals surface area contributed by atoms with E-state index in [0.29, 0.717) is 18.6 Å². The maximum atomic E-state index is 14.0. The monoisotopic (exact) mass is 593 g/mol. The van der Waals surface area contributed by atoms with Crippen molar-refractivity contribution in [2.75, 3.05) is 48.9 Å². The molecule has 1 aliphatic heterocycles. The van der Waals surface area contributed by atoms with E-state index < -0.39 is 21.7 Å². The standard InChI is InChI=1S/C26H25F2N5O3S2.ClH/c27-18-8-10-19(11-9-18)38(35,36)31-22-6-2-1-4-20(22)25(34)29-12-13-32-14-16-33(17-15-32)26-30-24-21(28)5-3-7-23(24)37-26;/h1-11,31H,12-17H2,(H,29,34);1H. The summed E-state index contributed by atoms with van der Waals surface area (Å²) in [5, 5.41) is 3.66. The van der Waals surface area contributed by atoms with Crippen LogP contribution < -0.4 is 14.9 Å². The number of benzene rings is 3. The second kappa shape index (κ2) is 12.2. The molecular formula is C26H26ClF2N5O3S2. The molecule has 13 heteroatoms.